The molecule has 1 saturated carbocycles. The van der Waals surface area contributed by atoms with E-state index in [0.717, 1.165) is 49.8 Å². The first-order valence-corrected chi connectivity index (χ1v) is 11.8. The second kappa shape index (κ2) is 8.70. The highest BCUT2D eigenvalue weighted by molar-refractivity contribution is 5.98. The van der Waals surface area contributed by atoms with E-state index in [0.29, 0.717) is 31.3 Å². The summed E-state index contributed by atoms with van der Waals surface area (Å²) in [6, 6.07) is 7.77. The van der Waals surface area contributed by atoms with Crippen LogP contribution in [0.4, 0.5) is 4.79 Å². The molecule has 0 spiro atoms. The molecule has 3 atom stereocenters. The van der Waals surface area contributed by atoms with Crippen LogP contribution in [0.5, 0.6) is 0 Å². The van der Waals surface area contributed by atoms with Crippen LogP contribution in [0.15, 0.2) is 28.7 Å². The van der Waals surface area contributed by atoms with E-state index in [-0.39, 0.29) is 30.0 Å². The second-order valence-electron chi connectivity index (χ2n) is 9.34. The molecule has 3 fully saturated rings. The van der Waals surface area contributed by atoms with Crippen molar-refractivity contribution in [1.82, 2.24) is 14.8 Å². The average Bonchev–Trinajstić information content (AvgIpc) is 3.44. The number of carbonyl (C=O) groups excluding carboxylic acids is 2. The molecule has 2 aromatic rings. The van der Waals surface area contributed by atoms with Crippen LogP contribution in [0.1, 0.15) is 55.5 Å². The molecule has 0 radical (unpaired) electrons. The van der Waals surface area contributed by atoms with Crippen molar-refractivity contribution in [2.24, 2.45) is 5.92 Å². The number of hydrogen-bond donors (Lipinski definition) is 0. The van der Waals surface area contributed by atoms with Crippen molar-refractivity contribution in [3.63, 3.8) is 0 Å². The molecular weight excluding hydrogens is 406 g/mol. The first-order chi connectivity index (χ1) is 15.5. The molecule has 3 unspecified atom stereocenters. The van der Waals surface area contributed by atoms with Gasteiger partial charge in [0.25, 0.3) is 0 Å². The summed E-state index contributed by atoms with van der Waals surface area (Å²) < 4.78 is 11.7. The number of nitrogens with zero attached hydrogens (tertiary/aromatic N) is 3. The zero-order valence-corrected chi connectivity index (χ0v) is 18.9. The topological polar surface area (TPSA) is 75.9 Å². The number of hydrogen-bond acceptors (Lipinski definition) is 5. The first-order valence-electron chi connectivity index (χ1n) is 11.8. The fraction of sp³-hybridized carbons (Fsp3) is 0.560. The van der Waals surface area contributed by atoms with E-state index in [2.05, 4.69) is 0 Å². The van der Waals surface area contributed by atoms with Gasteiger partial charge in [0, 0.05) is 18.2 Å². The summed E-state index contributed by atoms with van der Waals surface area (Å²) in [5, 5.41) is 0. The smallest absolute Gasteiger partial charge is 0.327 e. The van der Waals surface area contributed by atoms with Crippen LogP contribution in [0, 0.1) is 19.8 Å². The molecule has 7 heteroatoms. The molecule has 2 saturated heterocycles. The lowest BCUT2D eigenvalue weighted by molar-refractivity contribution is -0.142. The maximum Gasteiger partial charge on any atom is 0.327 e. The molecule has 7 nitrogen and oxygen atoms in total. The summed E-state index contributed by atoms with van der Waals surface area (Å²) in [5.41, 5.74) is 2.85. The summed E-state index contributed by atoms with van der Waals surface area (Å²) in [7, 11) is 0. The van der Waals surface area contributed by atoms with E-state index in [4.69, 9.17) is 14.1 Å². The Morgan fingerprint density at radius 1 is 1.03 bits per heavy atom. The van der Waals surface area contributed by atoms with Crippen molar-refractivity contribution in [2.75, 3.05) is 13.2 Å². The predicted molar refractivity (Wildman–Crippen MR) is 119 cm³/mol. The molecule has 32 heavy (non-hydrogen) atoms. The van der Waals surface area contributed by atoms with Crippen molar-refractivity contribution in [1.29, 1.82) is 0 Å². The molecule has 1 aromatic carbocycles. The standard InChI is InChI=1S/C25H31N3O4/c1-16-9-11-18(12-10-16)23-26-21(17(2)32-23)15-27-22-8-4-3-7-20(22)24(29)28(25(27)30)14-19-6-5-13-31-19/h9-12,19-20,22H,3-8,13-15H2,1-2H3. The Labute approximate surface area is 188 Å². The van der Waals surface area contributed by atoms with Crippen molar-refractivity contribution < 1.29 is 18.7 Å². The number of imide groups is 1. The number of rotatable bonds is 5. The number of fused-ring (bicyclic) bond motifs is 1. The molecule has 2 aliphatic heterocycles. The second-order valence-corrected chi connectivity index (χ2v) is 9.34. The first kappa shape index (κ1) is 21.2. The fourth-order valence-electron chi connectivity index (χ4n) is 5.26. The average molecular weight is 438 g/mol. The van der Waals surface area contributed by atoms with Crippen LogP contribution in [0.3, 0.4) is 0 Å². The summed E-state index contributed by atoms with van der Waals surface area (Å²) in [5.74, 6) is 1.12. The third-order valence-electron chi connectivity index (χ3n) is 7.11. The molecular formula is C25H31N3O4. The maximum atomic E-state index is 13.5. The summed E-state index contributed by atoms with van der Waals surface area (Å²) in [6.07, 6.45) is 5.59. The van der Waals surface area contributed by atoms with E-state index in [9.17, 15) is 9.59 Å². The van der Waals surface area contributed by atoms with Crippen LogP contribution in [0.25, 0.3) is 11.5 Å². The van der Waals surface area contributed by atoms with Crippen molar-refractivity contribution in [2.45, 2.75) is 71.1 Å². The minimum Gasteiger partial charge on any atom is -0.441 e. The van der Waals surface area contributed by atoms with Gasteiger partial charge >= 0.3 is 6.03 Å². The van der Waals surface area contributed by atoms with Crippen LogP contribution in [0.2, 0.25) is 0 Å². The molecule has 3 heterocycles. The number of carbonyl (C=O) groups is 2. The third-order valence-corrected chi connectivity index (χ3v) is 7.11. The van der Waals surface area contributed by atoms with Gasteiger partial charge in [-0.05, 0) is 51.7 Å². The van der Waals surface area contributed by atoms with Gasteiger partial charge < -0.3 is 14.1 Å². The van der Waals surface area contributed by atoms with Gasteiger partial charge in [0.2, 0.25) is 11.8 Å². The van der Waals surface area contributed by atoms with Gasteiger partial charge in [0.15, 0.2) is 0 Å². The fourth-order valence-corrected chi connectivity index (χ4v) is 5.26. The largest absolute Gasteiger partial charge is 0.441 e. The van der Waals surface area contributed by atoms with Gasteiger partial charge in [-0.25, -0.2) is 9.78 Å². The van der Waals surface area contributed by atoms with Gasteiger partial charge in [-0.15, -0.1) is 0 Å². The van der Waals surface area contributed by atoms with Gasteiger partial charge in [-0.1, -0.05) is 30.5 Å². The highest BCUT2D eigenvalue weighted by Crippen LogP contribution is 2.36. The lowest BCUT2D eigenvalue weighted by Crippen LogP contribution is -2.63. The van der Waals surface area contributed by atoms with Crippen LogP contribution >= 0.6 is 0 Å². The third kappa shape index (κ3) is 3.94. The quantitative estimate of drug-likeness (QED) is 0.690. The summed E-state index contributed by atoms with van der Waals surface area (Å²) >= 11 is 0. The minimum absolute atomic E-state index is 0.0244. The van der Waals surface area contributed by atoms with Crippen LogP contribution in [-0.2, 0) is 16.1 Å². The summed E-state index contributed by atoms with van der Waals surface area (Å²) in [4.78, 5) is 34.8. The van der Waals surface area contributed by atoms with Gasteiger partial charge in [-0.3, -0.25) is 9.69 Å². The van der Waals surface area contributed by atoms with E-state index in [1.165, 1.54) is 10.5 Å². The molecule has 170 valence electrons. The normalized spacial score (nSPS) is 26.0. The van der Waals surface area contributed by atoms with E-state index < -0.39 is 0 Å². The molecule has 1 aliphatic carbocycles. The van der Waals surface area contributed by atoms with Crippen LogP contribution < -0.4 is 0 Å². The molecule has 0 N–H and O–H groups in total. The summed E-state index contributed by atoms with van der Waals surface area (Å²) in [6.45, 7) is 5.35. The predicted octanol–water partition coefficient (Wildman–Crippen LogP) is 4.46. The Morgan fingerprint density at radius 3 is 2.56 bits per heavy atom. The number of aryl methyl sites for hydroxylation is 2. The Kier molecular flexibility index (Phi) is 5.76. The minimum atomic E-state index is -0.215. The van der Waals surface area contributed by atoms with Crippen molar-refractivity contribution >= 4 is 11.9 Å². The Morgan fingerprint density at radius 2 is 1.81 bits per heavy atom. The van der Waals surface area contributed by atoms with Gasteiger partial charge in [0.1, 0.15) is 11.5 Å². The zero-order valence-electron chi connectivity index (χ0n) is 18.9. The molecule has 5 rings (SSSR count). The highest BCUT2D eigenvalue weighted by atomic mass is 16.5. The van der Waals surface area contributed by atoms with Gasteiger partial charge in [0.05, 0.1) is 25.1 Å². The maximum absolute atomic E-state index is 13.5. The Bertz CT molecular complexity index is 993. The molecule has 0 bridgehead atoms. The number of ether oxygens (including phenoxy) is 1. The molecule has 1 aromatic heterocycles. The van der Waals surface area contributed by atoms with Crippen molar-refractivity contribution in [3.8, 4) is 11.5 Å². The molecule has 3 aliphatic rings. The number of benzene rings is 1. The highest BCUT2D eigenvalue weighted by Gasteiger charge is 2.47. The lowest BCUT2D eigenvalue weighted by Gasteiger charge is -2.47. The lowest BCUT2D eigenvalue weighted by atomic mass is 9.81. The number of oxazole rings is 1. The Balaban J connectivity index is 1.41. The zero-order chi connectivity index (χ0) is 22.2. The molecule has 3 amide bonds. The van der Waals surface area contributed by atoms with E-state index in [1.807, 2.05) is 43.0 Å². The van der Waals surface area contributed by atoms with Gasteiger partial charge in [-0.2, -0.15) is 0 Å². The van der Waals surface area contributed by atoms with E-state index in [1.54, 1.807) is 0 Å². The number of urea groups is 1. The Hall–Kier alpha value is -2.67. The van der Waals surface area contributed by atoms with Crippen molar-refractivity contribution in [3.05, 3.63) is 41.3 Å². The van der Waals surface area contributed by atoms with E-state index >= 15 is 0 Å². The number of aromatic nitrogens is 1. The monoisotopic (exact) mass is 437 g/mol. The SMILES string of the molecule is Cc1ccc(-c2nc(CN3C(=O)N(CC4CCCO4)C(=O)C4CCCCC43)c(C)o2)cc1. The number of amides is 3. The van der Waals surface area contributed by atoms with Crippen LogP contribution in [-0.4, -0.2) is 52.0 Å².